The lowest BCUT2D eigenvalue weighted by molar-refractivity contribution is 0.801. The first-order valence-electron chi connectivity index (χ1n) is 6.19. The van der Waals surface area contributed by atoms with Crippen molar-refractivity contribution in [3.8, 4) is 0 Å². The Hall–Kier alpha value is -1.88. The largest absolute Gasteiger partial charge is 0.383 e. The summed E-state index contributed by atoms with van der Waals surface area (Å²) in [5, 5.41) is 0.980. The van der Waals surface area contributed by atoms with Gasteiger partial charge in [0.05, 0.1) is 11.9 Å². The predicted molar refractivity (Wildman–Crippen MR) is 79.6 cm³/mol. The summed E-state index contributed by atoms with van der Waals surface area (Å²) in [4.78, 5) is 11.1. The molecule has 0 aliphatic rings. The maximum atomic E-state index is 5.97. The van der Waals surface area contributed by atoms with Crippen molar-refractivity contribution in [3.05, 3.63) is 39.5 Å². The quantitative estimate of drug-likeness (QED) is 0.780. The number of nitrogen functional groups attached to an aromatic ring is 1. The van der Waals surface area contributed by atoms with Gasteiger partial charge in [-0.3, -0.25) is 0 Å². The highest BCUT2D eigenvalue weighted by atomic mass is 32.1. The lowest BCUT2D eigenvalue weighted by atomic mass is 10.2. The van der Waals surface area contributed by atoms with Crippen LogP contribution in [0.15, 0.2) is 18.5 Å². The Bertz CT molecular complexity index is 754. The summed E-state index contributed by atoms with van der Waals surface area (Å²) in [7, 11) is 0. The van der Waals surface area contributed by atoms with Crippen molar-refractivity contribution in [1.29, 1.82) is 0 Å². The number of nitrogens with two attached hydrogens (primary N) is 1. The van der Waals surface area contributed by atoms with Crippen LogP contribution < -0.4 is 5.73 Å². The van der Waals surface area contributed by atoms with E-state index in [9.17, 15) is 0 Å². The molecule has 0 radical (unpaired) electrons. The molecule has 0 spiro atoms. The highest BCUT2D eigenvalue weighted by Crippen LogP contribution is 2.28. The van der Waals surface area contributed by atoms with Gasteiger partial charge in [0.25, 0.3) is 0 Å². The lowest BCUT2D eigenvalue weighted by Gasteiger charge is -2.05. The predicted octanol–water partition coefficient (Wildman–Crippen LogP) is 3.05. The molecule has 5 heteroatoms. The monoisotopic (exact) mass is 272 g/mol. The molecule has 0 fully saturated rings. The summed E-state index contributed by atoms with van der Waals surface area (Å²) in [5.41, 5.74) is 9.27. The zero-order valence-electron chi connectivity index (χ0n) is 11.3. The molecule has 0 bridgehead atoms. The average molecular weight is 272 g/mol. The molecule has 3 aromatic rings. The highest BCUT2D eigenvalue weighted by molar-refractivity contribution is 7.11. The molecule has 3 heterocycles. The Morgan fingerprint density at radius 3 is 2.68 bits per heavy atom. The van der Waals surface area contributed by atoms with Crippen LogP contribution in [0.3, 0.4) is 0 Å². The Kier molecular flexibility index (Phi) is 2.78. The lowest BCUT2D eigenvalue weighted by Crippen LogP contribution is -2.02. The van der Waals surface area contributed by atoms with Gasteiger partial charge in [0.1, 0.15) is 17.8 Å². The molecule has 4 nitrogen and oxygen atoms in total. The molecule has 0 unspecified atom stereocenters. The molecule has 0 saturated carbocycles. The van der Waals surface area contributed by atoms with E-state index in [1.165, 1.54) is 27.3 Å². The van der Waals surface area contributed by atoms with Gasteiger partial charge in [-0.25, -0.2) is 9.97 Å². The molecule has 0 aliphatic carbocycles. The average Bonchev–Trinajstić information content (AvgIpc) is 2.88. The van der Waals surface area contributed by atoms with Gasteiger partial charge in [-0.05, 0) is 38.5 Å². The minimum atomic E-state index is 0.562. The zero-order chi connectivity index (χ0) is 13.6. The minimum Gasteiger partial charge on any atom is -0.383 e. The molecular weight excluding hydrogens is 256 g/mol. The van der Waals surface area contributed by atoms with Crippen molar-refractivity contribution in [2.75, 3.05) is 5.73 Å². The highest BCUT2D eigenvalue weighted by Gasteiger charge is 2.15. The summed E-state index contributed by atoms with van der Waals surface area (Å²) in [6.07, 6.45) is 1.53. The number of nitrogens with zero attached hydrogens (tertiary/aromatic N) is 3. The molecule has 3 aromatic heterocycles. The number of hydrogen-bond donors (Lipinski definition) is 1. The third-order valence-corrected chi connectivity index (χ3v) is 4.53. The molecular formula is C14H16N4S. The first-order chi connectivity index (χ1) is 9.08. The van der Waals surface area contributed by atoms with Gasteiger partial charge in [-0.2, -0.15) is 0 Å². The number of aryl methyl sites for hydroxylation is 2. The van der Waals surface area contributed by atoms with E-state index in [1.807, 2.05) is 11.3 Å². The molecule has 0 aromatic carbocycles. The smallest absolute Gasteiger partial charge is 0.146 e. The number of fused-ring (bicyclic) bond motifs is 1. The number of aromatic nitrogens is 3. The normalized spacial score (nSPS) is 11.3. The maximum absolute atomic E-state index is 5.97. The Morgan fingerprint density at radius 1 is 1.21 bits per heavy atom. The van der Waals surface area contributed by atoms with Crippen LogP contribution >= 0.6 is 11.3 Å². The second-order valence-electron chi connectivity index (χ2n) is 4.77. The summed E-state index contributed by atoms with van der Waals surface area (Å²) in [6.45, 7) is 7.15. The van der Waals surface area contributed by atoms with E-state index in [0.717, 1.165) is 17.6 Å². The number of anilines is 1. The van der Waals surface area contributed by atoms with Gasteiger partial charge in [-0.15, -0.1) is 11.3 Å². The van der Waals surface area contributed by atoms with Crippen LogP contribution in [0, 0.1) is 20.8 Å². The third-order valence-electron chi connectivity index (χ3n) is 3.54. The Morgan fingerprint density at radius 2 is 2.00 bits per heavy atom. The van der Waals surface area contributed by atoms with Gasteiger partial charge in [-0.1, -0.05) is 0 Å². The molecule has 0 atom stereocenters. The SMILES string of the molecule is Cc1ccc(Cn2c(C)c(C)c3c(N)ncnc32)s1. The van der Waals surface area contributed by atoms with Crippen molar-refractivity contribution in [2.45, 2.75) is 27.3 Å². The van der Waals surface area contributed by atoms with Crippen molar-refractivity contribution in [3.63, 3.8) is 0 Å². The molecule has 0 amide bonds. The van der Waals surface area contributed by atoms with E-state index < -0.39 is 0 Å². The van der Waals surface area contributed by atoms with Gasteiger partial charge in [0.15, 0.2) is 0 Å². The molecule has 98 valence electrons. The van der Waals surface area contributed by atoms with Crippen LogP contribution in [0.2, 0.25) is 0 Å². The summed E-state index contributed by atoms with van der Waals surface area (Å²) in [6, 6.07) is 4.32. The molecule has 2 N–H and O–H groups in total. The Balaban J connectivity index is 2.18. The fourth-order valence-electron chi connectivity index (χ4n) is 2.42. The number of hydrogen-bond acceptors (Lipinski definition) is 4. The molecule has 19 heavy (non-hydrogen) atoms. The molecule has 0 aliphatic heterocycles. The van der Waals surface area contributed by atoms with E-state index in [4.69, 9.17) is 5.73 Å². The fourth-order valence-corrected chi connectivity index (χ4v) is 3.29. The van der Waals surface area contributed by atoms with Crippen LogP contribution in [0.4, 0.5) is 5.82 Å². The van der Waals surface area contributed by atoms with E-state index in [2.05, 4.69) is 47.4 Å². The van der Waals surface area contributed by atoms with Gasteiger partial charge in [0.2, 0.25) is 0 Å². The summed E-state index contributed by atoms with van der Waals surface area (Å²) >= 11 is 1.82. The van der Waals surface area contributed by atoms with Crippen LogP contribution in [0.5, 0.6) is 0 Å². The van der Waals surface area contributed by atoms with Crippen molar-refractivity contribution in [2.24, 2.45) is 0 Å². The van der Waals surface area contributed by atoms with Crippen molar-refractivity contribution in [1.82, 2.24) is 14.5 Å². The first kappa shape index (κ1) is 12.2. The fraction of sp³-hybridized carbons (Fsp3) is 0.286. The summed E-state index contributed by atoms with van der Waals surface area (Å²) < 4.78 is 2.22. The van der Waals surface area contributed by atoms with Gasteiger partial charge < -0.3 is 10.3 Å². The van der Waals surface area contributed by atoms with Crippen molar-refractivity contribution >= 4 is 28.2 Å². The maximum Gasteiger partial charge on any atom is 0.146 e. The summed E-state index contributed by atoms with van der Waals surface area (Å²) in [5.74, 6) is 0.562. The van der Waals surface area contributed by atoms with Crippen LogP contribution in [-0.2, 0) is 6.54 Å². The second kappa shape index (κ2) is 4.35. The standard InChI is InChI=1S/C14H16N4S/c1-8-4-5-11(19-8)6-18-10(3)9(2)12-13(15)16-7-17-14(12)18/h4-5,7H,6H2,1-3H3,(H2,15,16,17). The van der Waals surface area contributed by atoms with Crippen LogP contribution in [-0.4, -0.2) is 14.5 Å². The molecule has 0 saturated heterocycles. The van der Waals surface area contributed by atoms with Gasteiger partial charge >= 0.3 is 0 Å². The second-order valence-corrected chi connectivity index (χ2v) is 6.14. The Labute approximate surface area is 115 Å². The van der Waals surface area contributed by atoms with E-state index in [-0.39, 0.29) is 0 Å². The first-order valence-corrected chi connectivity index (χ1v) is 7.00. The zero-order valence-corrected chi connectivity index (χ0v) is 12.1. The van der Waals surface area contributed by atoms with Crippen molar-refractivity contribution < 1.29 is 0 Å². The number of rotatable bonds is 2. The topological polar surface area (TPSA) is 56.7 Å². The molecule has 3 rings (SSSR count). The number of thiophene rings is 1. The van der Waals surface area contributed by atoms with Crippen LogP contribution in [0.1, 0.15) is 21.0 Å². The van der Waals surface area contributed by atoms with E-state index in [0.29, 0.717) is 5.82 Å². The third kappa shape index (κ3) is 1.90. The van der Waals surface area contributed by atoms with E-state index in [1.54, 1.807) is 0 Å². The van der Waals surface area contributed by atoms with Crippen LogP contribution in [0.25, 0.3) is 11.0 Å². The van der Waals surface area contributed by atoms with Gasteiger partial charge in [0, 0.05) is 15.4 Å². The van der Waals surface area contributed by atoms with E-state index >= 15 is 0 Å². The minimum absolute atomic E-state index is 0.562.